The summed E-state index contributed by atoms with van der Waals surface area (Å²) in [7, 11) is 1.22. The van der Waals surface area contributed by atoms with Crippen LogP contribution >= 0.6 is 11.3 Å². The molecule has 15 heteroatoms. The molecule has 0 aliphatic carbocycles. The SMILES string of the molecule is CO/N=C(\C(=O)N[C@H]1CON(C2(C(=O)[O-])CC(Cc3ccccc3)C(=O)O2)C1=O)c1csc(N)n1.[Na+]. The van der Waals surface area contributed by atoms with E-state index in [0.717, 1.165) is 16.9 Å². The molecule has 3 heterocycles. The predicted molar refractivity (Wildman–Crippen MR) is 117 cm³/mol. The maximum Gasteiger partial charge on any atom is 1.00 e. The molecule has 2 aromatic rings. The fraction of sp³-hybridized carbons (Fsp3) is 0.333. The molecule has 36 heavy (non-hydrogen) atoms. The Bertz CT molecular complexity index is 1190. The number of oxime groups is 1. The van der Waals surface area contributed by atoms with E-state index in [2.05, 4.69) is 20.3 Å². The van der Waals surface area contributed by atoms with Crippen LogP contribution in [0.4, 0.5) is 5.13 Å². The van der Waals surface area contributed by atoms with Gasteiger partial charge in [0, 0.05) is 11.8 Å². The maximum atomic E-state index is 13.0. The van der Waals surface area contributed by atoms with Gasteiger partial charge in [0.1, 0.15) is 31.4 Å². The number of anilines is 1. The number of aliphatic carboxylic acids is 1. The Hall–Kier alpha value is -3.04. The first-order valence-corrected chi connectivity index (χ1v) is 11.2. The number of amides is 2. The molecule has 2 aliphatic heterocycles. The van der Waals surface area contributed by atoms with Crippen molar-refractivity contribution >= 4 is 45.9 Å². The Balaban J connectivity index is 0.00000361. The van der Waals surface area contributed by atoms with Crippen molar-refractivity contribution in [3.8, 4) is 0 Å². The fourth-order valence-electron chi connectivity index (χ4n) is 3.83. The zero-order valence-corrected chi connectivity index (χ0v) is 22.1. The number of nitrogens with one attached hydrogen (secondary N) is 1. The number of nitrogens with two attached hydrogens (primary N) is 1. The third kappa shape index (κ3) is 5.37. The van der Waals surface area contributed by atoms with Crippen LogP contribution in [0.2, 0.25) is 0 Å². The number of cyclic esters (lactones) is 1. The van der Waals surface area contributed by atoms with Crippen molar-refractivity contribution in [2.75, 3.05) is 19.5 Å². The molecule has 0 saturated carbocycles. The number of nitrogens with zero attached hydrogens (tertiary/aromatic N) is 3. The number of carbonyl (C=O) groups is 4. The largest absolute Gasteiger partial charge is 1.00 e. The third-order valence-electron chi connectivity index (χ3n) is 5.43. The van der Waals surface area contributed by atoms with Crippen molar-refractivity contribution in [3.05, 3.63) is 47.0 Å². The monoisotopic (exact) mass is 525 g/mol. The molecule has 13 nitrogen and oxygen atoms in total. The minimum Gasteiger partial charge on any atom is -0.544 e. The van der Waals surface area contributed by atoms with E-state index in [9.17, 15) is 24.3 Å². The first-order valence-electron chi connectivity index (χ1n) is 10.3. The summed E-state index contributed by atoms with van der Waals surface area (Å²) in [4.78, 5) is 64.3. The number of benzene rings is 1. The van der Waals surface area contributed by atoms with Gasteiger partial charge in [0.2, 0.25) is 0 Å². The molecule has 4 rings (SSSR count). The van der Waals surface area contributed by atoms with Crippen molar-refractivity contribution in [1.82, 2.24) is 15.4 Å². The molecule has 0 radical (unpaired) electrons. The van der Waals surface area contributed by atoms with E-state index in [4.69, 9.17) is 15.3 Å². The van der Waals surface area contributed by atoms with Crippen LogP contribution in [0.3, 0.4) is 0 Å². The summed E-state index contributed by atoms with van der Waals surface area (Å²) >= 11 is 1.07. The van der Waals surface area contributed by atoms with Gasteiger partial charge in [-0.2, -0.15) is 5.06 Å². The van der Waals surface area contributed by atoms with Gasteiger partial charge in [-0.1, -0.05) is 35.5 Å². The Labute approximate surface area is 230 Å². The topological polar surface area (TPSA) is 186 Å². The molecule has 0 spiro atoms. The van der Waals surface area contributed by atoms with Crippen molar-refractivity contribution in [3.63, 3.8) is 0 Å². The number of hydrogen-bond acceptors (Lipinski definition) is 12. The van der Waals surface area contributed by atoms with Gasteiger partial charge in [0.25, 0.3) is 17.5 Å². The van der Waals surface area contributed by atoms with E-state index < -0.39 is 48.0 Å². The molecule has 1 aromatic carbocycles. The molecule has 184 valence electrons. The van der Waals surface area contributed by atoms with Crippen molar-refractivity contribution in [1.29, 1.82) is 0 Å². The molecule has 3 N–H and O–H groups in total. The summed E-state index contributed by atoms with van der Waals surface area (Å²) in [6, 6.07) is 7.63. The number of carbonyl (C=O) groups excluding carboxylic acids is 4. The molecule has 2 amide bonds. The van der Waals surface area contributed by atoms with E-state index in [1.165, 1.54) is 12.5 Å². The molecule has 2 fully saturated rings. The molecule has 3 atom stereocenters. The average Bonchev–Trinajstić information content (AvgIpc) is 3.51. The van der Waals surface area contributed by atoms with E-state index in [0.29, 0.717) is 5.06 Å². The number of hydroxylamine groups is 2. The summed E-state index contributed by atoms with van der Waals surface area (Å²) < 4.78 is 5.16. The molecule has 2 aliphatic rings. The first kappa shape index (κ1) is 27.5. The van der Waals surface area contributed by atoms with Crippen LogP contribution in [0.15, 0.2) is 40.9 Å². The van der Waals surface area contributed by atoms with Gasteiger partial charge in [-0.15, -0.1) is 11.3 Å². The summed E-state index contributed by atoms with van der Waals surface area (Å²) in [5, 5.41) is 20.2. The van der Waals surface area contributed by atoms with Gasteiger partial charge < -0.3 is 30.5 Å². The zero-order valence-electron chi connectivity index (χ0n) is 19.3. The van der Waals surface area contributed by atoms with Crippen LogP contribution in [-0.2, 0) is 40.0 Å². The Morgan fingerprint density at radius 3 is 2.69 bits per heavy atom. The number of esters is 1. The second-order valence-corrected chi connectivity index (χ2v) is 8.62. The number of thiazole rings is 1. The van der Waals surface area contributed by atoms with E-state index >= 15 is 0 Å². The Kier molecular flexibility index (Phi) is 8.68. The number of ether oxygens (including phenoxy) is 1. The Morgan fingerprint density at radius 1 is 1.36 bits per heavy atom. The van der Waals surface area contributed by atoms with Gasteiger partial charge in [0.05, 0.1) is 5.92 Å². The summed E-state index contributed by atoms with van der Waals surface area (Å²) in [6.07, 6.45) is -0.186. The van der Waals surface area contributed by atoms with Gasteiger partial charge in [-0.25, -0.2) is 4.98 Å². The normalized spacial score (nSPS) is 23.7. The number of hydrogen-bond donors (Lipinski definition) is 2. The third-order valence-corrected chi connectivity index (χ3v) is 6.11. The molecule has 2 unspecified atom stereocenters. The summed E-state index contributed by atoms with van der Waals surface area (Å²) in [5.41, 5.74) is 3.78. The number of carboxylic acid groups (broad SMARTS) is 1. The van der Waals surface area contributed by atoms with Crippen molar-refractivity contribution in [2.45, 2.75) is 24.6 Å². The fourth-order valence-corrected chi connectivity index (χ4v) is 4.37. The van der Waals surface area contributed by atoms with E-state index in [-0.39, 0.29) is 58.9 Å². The van der Waals surface area contributed by atoms with Crippen LogP contribution in [0.5, 0.6) is 0 Å². The second-order valence-electron chi connectivity index (χ2n) is 7.73. The van der Waals surface area contributed by atoms with E-state index in [1.54, 1.807) is 30.3 Å². The van der Waals surface area contributed by atoms with Crippen LogP contribution in [0, 0.1) is 5.92 Å². The molecule has 0 bridgehead atoms. The quantitative estimate of drug-likeness (QED) is 0.148. The van der Waals surface area contributed by atoms with Gasteiger partial charge >= 0.3 is 35.5 Å². The van der Waals surface area contributed by atoms with Crippen LogP contribution < -0.4 is 45.7 Å². The standard InChI is InChI=1S/C21H21N5O8S.Na/c1-32-25-15(14-10-35-20(22)24-14)16(27)23-13-9-33-26(17(13)28)21(19(30)31)8-12(18(29)34-21)7-11-5-3-2-4-6-11;/h2-6,10,12-13H,7-9H2,1H3,(H2,22,24)(H,23,27)(H,30,31);/q;+1/p-1/b25-15-;/t12?,13-,21?;/m0./s1. The number of rotatable bonds is 8. The molecule has 2 saturated heterocycles. The van der Waals surface area contributed by atoms with Crippen LogP contribution in [0.25, 0.3) is 0 Å². The van der Waals surface area contributed by atoms with Gasteiger partial charge in [-0.05, 0) is 12.0 Å². The van der Waals surface area contributed by atoms with Gasteiger partial charge in [-0.3, -0.25) is 19.2 Å². The maximum absolute atomic E-state index is 13.0. The molecule has 1 aromatic heterocycles. The minimum atomic E-state index is -2.47. The van der Waals surface area contributed by atoms with Crippen LogP contribution in [-0.4, -0.2) is 65.0 Å². The summed E-state index contributed by atoms with van der Waals surface area (Å²) in [6.45, 7) is -0.417. The summed E-state index contributed by atoms with van der Waals surface area (Å²) in [5.74, 6) is -5.26. The number of aromatic nitrogens is 1. The van der Waals surface area contributed by atoms with Crippen molar-refractivity contribution < 1.29 is 68.3 Å². The predicted octanol–water partition coefficient (Wildman–Crippen LogP) is -4.41. The average molecular weight is 525 g/mol. The van der Waals surface area contributed by atoms with Crippen molar-refractivity contribution in [2.24, 2.45) is 11.1 Å². The van der Waals surface area contributed by atoms with E-state index in [1.807, 2.05) is 0 Å². The number of nitrogen functional groups attached to an aromatic ring is 1. The minimum absolute atomic E-state index is 0. The zero-order chi connectivity index (χ0) is 25.2. The first-order chi connectivity index (χ1) is 16.7. The van der Waals surface area contributed by atoms with Gasteiger partial charge in [0.15, 0.2) is 10.8 Å². The molecular weight excluding hydrogens is 505 g/mol. The number of carboxylic acids is 1. The smallest absolute Gasteiger partial charge is 0.544 e. The van der Waals surface area contributed by atoms with Crippen LogP contribution in [0.1, 0.15) is 17.7 Å². The second kappa shape index (κ2) is 11.3. The molecular formula is C21H20N5NaO8S. The Morgan fingerprint density at radius 2 is 2.08 bits per heavy atom.